The highest BCUT2D eigenvalue weighted by molar-refractivity contribution is 9.12. The van der Waals surface area contributed by atoms with Crippen LogP contribution in [0.1, 0.15) is 17.3 Å². The number of carboxylic acids is 1. The van der Waals surface area contributed by atoms with Gasteiger partial charge in [-0.3, -0.25) is 9.59 Å². The van der Waals surface area contributed by atoms with Crippen molar-refractivity contribution in [3.8, 4) is 0 Å². The number of thiophene rings is 1. The molecular weight excluding hydrogens is 386 g/mol. The number of likely N-dealkylation sites (tertiary alicyclic amines) is 1. The summed E-state index contributed by atoms with van der Waals surface area (Å²) in [6.45, 7) is 2.65. The normalized spacial score (nSPS) is 23.4. The molecule has 1 saturated heterocycles. The Balaban J connectivity index is 2.17. The molecule has 1 amide bonds. The lowest BCUT2D eigenvalue weighted by molar-refractivity contribution is -0.142. The average Bonchev–Trinajstić information content (AvgIpc) is 2.81. The number of halogens is 2. The molecule has 7 heteroatoms. The van der Waals surface area contributed by atoms with Crippen molar-refractivity contribution < 1.29 is 14.7 Å². The number of carbonyl (C=O) groups is 2. The third-order valence-corrected chi connectivity index (χ3v) is 5.44. The lowest BCUT2D eigenvalue weighted by atomic mass is 9.99. The summed E-state index contributed by atoms with van der Waals surface area (Å²) >= 11 is 8.11. The number of hydrogen-bond donors (Lipinski definition) is 1. The Hall–Kier alpha value is -0.400. The number of hydrogen-bond acceptors (Lipinski definition) is 3. The Kier molecular flexibility index (Phi) is 4.13. The van der Waals surface area contributed by atoms with E-state index in [1.54, 1.807) is 11.0 Å². The van der Waals surface area contributed by atoms with E-state index in [1.165, 1.54) is 11.3 Å². The molecule has 0 bridgehead atoms. The summed E-state index contributed by atoms with van der Waals surface area (Å²) in [5, 5.41) is 9.06. The van der Waals surface area contributed by atoms with E-state index >= 15 is 0 Å². The maximum Gasteiger partial charge on any atom is 0.308 e. The van der Waals surface area contributed by atoms with E-state index in [1.807, 2.05) is 6.92 Å². The van der Waals surface area contributed by atoms with Gasteiger partial charge in [0, 0.05) is 13.1 Å². The first-order chi connectivity index (χ1) is 8.40. The van der Waals surface area contributed by atoms with Crippen molar-refractivity contribution in [2.75, 3.05) is 13.1 Å². The number of aliphatic carboxylic acids is 1. The maximum atomic E-state index is 12.3. The van der Waals surface area contributed by atoms with Crippen molar-refractivity contribution in [2.24, 2.45) is 11.8 Å². The minimum absolute atomic E-state index is 0.00713. The van der Waals surface area contributed by atoms with Gasteiger partial charge in [0.05, 0.1) is 19.1 Å². The maximum absolute atomic E-state index is 12.3. The summed E-state index contributed by atoms with van der Waals surface area (Å²) in [5.74, 6) is -1.41. The first kappa shape index (κ1) is 14.0. The molecule has 0 saturated carbocycles. The van der Waals surface area contributed by atoms with Crippen LogP contribution in [-0.4, -0.2) is 35.0 Å². The Labute approximate surface area is 125 Å². The van der Waals surface area contributed by atoms with E-state index < -0.39 is 11.9 Å². The third kappa shape index (κ3) is 2.62. The molecule has 2 rings (SSSR count). The largest absolute Gasteiger partial charge is 0.481 e. The van der Waals surface area contributed by atoms with Crippen LogP contribution in [0.25, 0.3) is 0 Å². The zero-order valence-electron chi connectivity index (χ0n) is 9.52. The van der Waals surface area contributed by atoms with Gasteiger partial charge in [0.25, 0.3) is 5.91 Å². The third-order valence-electron chi connectivity index (χ3n) is 3.10. The van der Waals surface area contributed by atoms with Crippen LogP contribution in [0.3, 0.4) is 0 Å². The molecule has 1 aromatic rings. The summed E-state index contributed by atoms with van der Waals surface area (Å²) in [7, 11) is 0. The molecule has 1 aliphatic heterocycles. The molecule has 2 heterocycles. The highest BCUT2D eigenvalue weighted by Gasteiger charge is 2.37. The van der Waals surface area contributed by atoms with E-state index in [9.17, 15) is 9.59 Å². The van der Waals surface area contributed by atoms with E-state index in [0.717, 1.165) is 7.57 Å². The molecule has 4 nitrogen and oxygen atoms in total. The fourth-order valence-electron chi connectivity index (χ4n) is 2.11. The van der Waals surface area contributed by atoms with Crippen LogP contribution in [0.15, 0.2) is 13.6 Å². The van der Waals surface area contributed by atoms with Gasteiger partial charge < -0.3 is 10.0 Å². The molecule has 1 fully saturated rings. The number of amides is 1. The lowest BCUT2D eigenvalue weighted by Crippen LogP contribution is -2.29. The number of carboxylic acid groups (broad SMARTS) is 1. The van der Waals surface area contributed by atoms with Crippen LogP contribution in [0.2, 0.25) is 0 Å². The number of nitrogens with zero attached hydrogens (tertiary/aromatic N) is 1. The molecule has 0 aliphatic carbocycles. The standard InChI is InChI=1S/C11H11Br2NO3S/c1-5-3-14(4-7(5)11(16)17)10(15)6-2-8(12)18-9(6)13/h2,5,7H,3-4H2,1H3,(H,16,17)/t5-,7-/m1/s1. The van der Waals surface area contributed by atoms with Crippen LogP contribution in [-0.2, 0) is 4.79 Å². The monoisotopic (exact) mass is 395 g/mol. The second-order valence-electron chi connectivity index (χ2n) is 4.37. The molecule has 0 radical (unpaired) electrons. The van der Waals surface area contributed by atoms with Gasteiger partial charge in [0.1, 0.15) is 0 Å². The minimum atomic E-state index is -0.830. The van der Waals surface area contributed by atoms with E-state index in [2.05, 4.69) is 31.9 Å². The predicted molar refractivity (Wildman–Crippen MR) is 75.9 cm³/mol. The number of carbonyl (C=O) groups excluding carboxylic acids is 1. The van der Waals surface area contributed by atoms with Crippen molar-refractivity contribution in [3.05, 3.63) is 19.2 Å². The van der Waals surface area contributed by atoms with Gasteiger partial charge in [-0.05, 0) is 43.8 Å². The summed E-state index contributed by atoms with van der Waals surface area (Å²) in [5.41, 5.74) is 0.588. The molecule has 98 valence electrons. The quantitative estimate of drug-likeness (QED) is 0.835. The van der Waals surface area contributed by atoms with Gasteiger partial charge in [-0.15, -0.1) is 11.3 Å². The molecule has 18 heavy (non-hydrogen) atoms. The van der Waals surface area contributed by atoms with Crippen molar-refractivity contribution in [3.63, 3.8) is 0 Å². The van der Waals surface area contributed by atoms with E-state index in [4.69, 9.17) is 5.11 Å². The van der Waals surface area contributed by atoms with Gasteiger partial charge in [-0.2, -0.15) is 0 Å². The minimum Gasteiger partial charge on any atom is -0.481 e. The molecular formula is C11H11Br2NO3S. The summed E-state index contributed by atoms with van der Waals surface area (Å²) < 4.78 is 1.64. The highest BCUT2D eigenvalue weighted by Crippen LogP contribution is 2.34. The van der Waals surface area contributed by atoms with E-state index in [0.29, 0.717) is 12.1 Å². The van der Waals surface area contributed by atoms with Crippen LogP contribution in [0.5, 0.6) is 0 Å². The van der Waals surface area contributed by atoms with Gasteiger partial charge in [-0.25, -0.2) is 0 Å². The Morgan fingerprint density at radius 3 is 2.56 bits per heavy atom. The first-order valence-electron chi connectivity index (χ1n) is 5.37. The smallest absolute Gasteiger partial charge is 0.308 e. The first-order valence-corrected chi connectivity index (χ1v) is 7.77. The molecule has 0 spiro atoms. The van der Waals surface area contributed by atoms with Crippen LogP contribution < -0.4 is 0 Å². The van der Waals surface area contributed by atoms with Gasteiger partial charge in [0.15, 0.2) is 0 Å². The Morgan fingerprint density at radius 1 is 1.44 bits per heavy atom. The zero-order chi connectivity index (χ0) is 13.4. The number of rotatable bonds is 2. The Bertz CT molecular complexity index is 502. The SMILES string of the molecule is C[C@@H]1CN(C(=O)c2cc(Br)sc2Br)C[C@H]1C(=O)O. The van der Waals surface area contributed by atoms with Crippen molar-refractivity contribution in [1.82, 2.24) is 4.90 Å². The second kappa shape index (κ2) is 5.30. The molecule has 1 aliphatic rings. The van der Waals surface area contributed by atoms with Crippen LogP contribution in [0.4, 0.5) is 0 Å². The van der Waals surface area contributed by atoms with Gasteiger partial charge >= 0.3 is 5.97 Å². The predicted octanol–water partition coefficient (Wildman–Crippen LogP) is 3.07. The fourth-order valence-corrected chi connectivity index (χ4v) is 4.89. The van der Waals surface area contributed by atoms with E-state index in [-0.39, 0.29) is 18.4 Å². The topological polar surface area (TPSA) is 57.6 Å². The Morgan fingerprint density at radius 2 is 2.11 bits per heavy atom. The summed E-state index contributed by atoms with van der Waals surface area (Å²) in [4.78, 5) is 24.9. The van der Waals surface area contributed by atoms with Crippen LogP contribution >= 0.6 is 43.2 Å². The summed E-state index contributed by atoms with van der Waals surface area (Å²) in [6, 6.07) is 1.76. The van der Waals surface area contributed by atoms with Crippen LogP contribution in [0, 0.1) is 11.8 Å². The molecule has 0 aromatic carbocycles. The second-order valence-corrected chi connectivity index (χ2v) is 8.12. The summed E-state index contributed by atoms with van der Waals surface area (Å²) in [6.07, 6.45) is 0. The van der Waals surface area contributed by atoms with Gasteiger partial charge in [0.2, 0.25) is 0 Å². The molecule has 1 N–H and O–H groups in total. The average molecular weight is 397 g/mol. The van der Waals surface area contributed by atoms with Crippen molar-refractivity contribution in [2.45, 2.75) is 6.92 Å². The van der Waals surface area contributed by atoms with Crippen molar-refractivity contribution in [1.29, 1.82) is 0 Å². The lowest BCUT2D eigenvalue weighted by Gasteiger charge is -2.15. The molecule has 1 aromatic heterocycles. The van der Waals surface area contributed by atoms with Crippen molar-refractivity contribution >= 4 is 55.1 Å². The highest BCUT2D eigenvalue weighted by atomic mass is 79.9. The molecule has 2 atom stereocenters. The molecule has 0 unspecified atom stereocenters. The van der Waals surface area contributed by atoms with Gasteiger partial charge in [-0.1, -0.05) is 6.92 Å². The fraction of sp³-hybridized carbons (Fsp3) is 0.455. The zero-order valence-corrected chi connectivity index (χ0v) is 13.5.